The van der Waals surface area contributed by atoms with E-state index in [1.807, 2.05) is 30.0 Å². The standard InChI is InChI=1S/C17H26N2O/c1-3-19(16-12-8-7-9-13(16)2)17(20)14-10-5-4-6-11-15(14)18/h7-9,12,14-15H,3-6,10-11,18H2,1-2H3. The van der Waals surface area contributed by atoms with Gasteiger partial charge in [-0.25, -0.2) is 0 Å². The zero-order chi connectivity index (χ0) is 14.5. The molecule has 2 N–H and O–H groups in total. The van der Waals surface area contributed by atoms with E-state index in [-0.39, 0.29) is 17.9 Å². The summed E-state index contributed by atoms with van der Waals surface area (Å²) in [6.45, 7) is 4.79. The number of para-hydroxylation sites is 1. The van der Waals surface area contributed by atoms with E-state index in [1.165, 1.54) is 6.42 Å². The van der Waals surface area contributed by atoms with Crippen LogP contribution in [-0.2, 0) is 4.79 Å². The number of carbonyl (C=O) groups is 1. The average molecular weight is 274 g/mol. The molecule has 0 bridgehead atoms. The average Bonchev–Trinajstić information content (AvgIpc) is 2.66. The van der Waals surface area contributed by atoms with Gasteiger partial charge in [0.1, 0.15) is 0 Å². The van der Waals surface area contributed by atoms with E-state index in [0.717, 1.165) is 36.9 Å². The molecular formula is C17H26N2O. The fraction of sp³-hybridized carbons (Fsp3) is 0.588. The number of carbonyl (C=O) groups excluding carboxylic acids is 1. The van der Waals surface area contributed by atoms with Crippen LogP contribution in [0.4, 0.5) is 5.69 Å². The zero-order valence-corrected chi connectivity index (χ0v) is 12.6. The molecule has 0 heterocycles. The normalized spacial score (nSPS) is 23.1. The molecule has 0 aliphatic heterocycles. The second-order valence-electron chi connectivity index (χ2n) is 5.78. The zero-order valence-electron chi connectivity index (χ0n) is 12.6. The Kier molecular flexibility index (Phi) is 5.18. The Hall–Kier alpha value is -1.35. The Labute approximate surface area is 122 Å². The highest BCUT2D eigenvalue weighted by Crippen LogP contribution is 2.27. The van der Waals surface area contributed by atoms with Gasteiger partial charge in [0.05, 0.1) is 5.92 Å². The third kappa shape index (κ3) is 3.21. The van der Waals surface area contributed by atoms with Gasteiger partial charge in [0, 0.05) is 18.3 Å². The van der Waals surface area contributed by atoms with Crippen molar-refractivity contribution >= 4 is 11.6 Å². The largest absolute Gasteiger partial charge is 0.327 e. The summed E-state index contributed by atoms with van der Waals surface area (Å²) in [4.78, 5) is 14.8. The maximum Gasteiger partial charge on any atom is 0.231 e. The molecule has 0 saturated heterocycles. The first-order valence-corrected chi connectivity index (χ1v) is 7.77. The van der Waals surface area contributed by atoms with E-state index in [9.17, 15) is 4.79 Å². The van der Waals surface area contributed by atoms with Crippen molar-refractivity contribution in [1.29, 1.82) is 0 Å². The predicted molar refractivity (Wildman–Crippen MR) is 83.8 cm³/mol. The van der Waals surface area contributed by atoms with Gasteiger partial charge in [-0.15, -0.1) is 0 Å². The smallest absolute Gasteiger partial charge is 0.231 e. The predicted octanol–water partition coefficient (Wildman–Crippen LogP) is 3.26. The van der Waals surface area contributed by atoms with Gasteiger partial charge in [0.25, 0.3) is 0 Å². The van der Waals surface area contributed by atoms with Crippen molar-refractivity contribution < 1.29 is 4.79 Å². The lowest BCUT2D eigenvalue weighted by Crippen LogP contribution is -2.44. The van der Waals surface area contributed by atoms with E-state index in [4.69, 9.17) is 5.73 Å². The highest BCUT2D eigenvalue weighted by Gasteiger charge is 2.31. The number of hydrogen-bond donors (Lipinski definition) is 1. The Morgan fingerprint density at radius 1 is 1.25 bits per heavy atom. The van der Waals surface area contributed by atoms with Crippen molar-refractivity contribution in [2.45, 2.75) is 52.0 Å². The molecule has 1 aliphatic carbocycles. The molecule has 0 aromatic heterocycles. The maximum absolute atomic E-state index is 12.9. The van der Waals surface area contributed by atoms with Crippen molar-refractivity contribution in [3.8, 4) is 0 Å². The topological polar surface area (TPSA) is 46.3 Å². The van der Waals surface area contributed by atoms with Gasteiger partial charge in [0.15, 0.2) is 0 Å². The summed E-state index contributed by atoms with van der Waals surface area (Å²) >= 11 is 0. The van der Waals surface area contributed by atoms with E-state index < -0.39 is 0 Å². The molecule has 2 atom stereocenters. The summed E-state index contributed by atoms with van der Waals surface area (Å²) in [6.07, 6.45) is 5.38. The highest BCUT2D eigenvalue weighted by atomic mass is 16.2. The molecule has 2 rings (SSSR count). The molecule has 20 heavy (non-hydrogen) atoms. The van der Waals surface area contributed by atoms with Crippen LogP contribution in [0.15, 0.2) is 24.3 Å². The van der Waals surface area contributed by atoms with Gasteiger partial charge in [-0.3, -0.25) is 4.79 Å². The number of hydrogen-bond acceptors (Lipinski definition) is 2. The lowest BCUT2D eigenvalue weighted by Gasteiger charge is -2.29. The number of amides is 1. The fourth-order valence-electron chi connectivity index (χ4n) is 3.15. The number of rotatable bonds is 3. The summed E-state index contributed by atoms with van der Waals surface area (Å²) in [7, 11) is 0. The fourth-order valence-corrected chi connectivity index (χ4v) is 3.15. The molecular weight excluding hydrogens is 248 g/mol. The lowest BCUT2D eigenvalue weighted by molar-refractivity contribution is -0.123. The second kappa shape index (κ2) is 6.89. The van der Waals surface area contributed by atoms with Crippen LogP contribution in [0.1, 0.15) is 44.6 Å². The molecule has 1 aromatic carbocycles. The molecule has 1 aliphatic rings. The third-order valence-electron chi connectivity index (χ3n) is 4.38. The van der Waals surface area contributed by atoms with E-state index in [1.54, 1.807) is 0 Å². The first-order valence-electron chi connectivity index (χ1n) is 7.77. The number of aryl methyl sites for hydroxylation is 1. The Bertz CT molecular complexity index is 458. The molecule has 1 aromatic rings. The molecule has 0 spiro atoms. The van der Waals surface area contributed by atoms with Crippen molar-refractivity contribution in [3.63, 3.8) is 0 Å². The molecule has 1 fully saturated rings. The highest BCUT2D eigenvalue weighted by molar-refractivity contribution is 5.96. The summed E-state index contributed by atoms with van der Waals surface area (Å²) in [5, 5.41) is 0. The summed E-state index contributed by atoms with van der Waals surface area (Å²) in [5.41, 5.74) is 8.41. The van der Waals surface area contributed by atoms with Crippen LogP contribution < -0.4 is 10.6 Å². The van der Waals surface area contributed by atoms with E-state index in [2.05, 4.69) is 13.0 Å². The van der Waals surface area contributed by atoms with Crippen LogP contribution in [0.5, 0.6) is 0 Å². The minimum Gasteiger partial charge on any atom is -0.327 e. The first kappa shape index (κ1) is 15.0. The summed E-state index contributed by atoms with van der Waals surface area (Å²) < 4.78 is 0. The van der Waals surface area contributed by atoms with Gasteiger partial charge in [-0.1, -0.05) is 37.5 Å². The number of nitrogens with two attached hydrogens (primary N) is 1. The van der Waals surface area contributed by atoms with Gasteiger partial charge in [-0.2, -0.15) is 0 Å². The molecule has 2 unspecified atom stereocenters. The third-order valence-corrected chi connectivity index (χ3v) is 4.38. The minimum absolute atomic E-state index is 0.0166. The van der Waals surface area contributed by atoms with Gasteiger partial charge < -0.3 is 10.6 Å². The number of anilines is 1. The number of benzene rings is 1. The molecule has 1 saturated carbocycles. The quantitative estimate of drug-likeness (QED) is 0.860. The van der Waals surface area contributed by atoms with Crippen molar-refractivity contribution in [3.05, 3.63) is 29.8 Å². The van der Waals surface area contributed by atoms with Gasteiger partial charge in [0.2, 0.25) is 5.91 Å². The molecule has 1 amide bonds. The van der Waals surface area contributed by atoms with E-state index >= 15 is 0 Å². The minimum atomic E-state index is -0.0166. The molecule has 0 radical (unpaired) electrons. The van der Waals surface area contributed by atoms with Gasteiger partial charge in [-0.05, 0) is 38.3 Å². The second-order valence-corrected chi connectivity index (χ2v) is 5.78. The lowest BCUT2D eigenvalue weighted by atomic mass is 9.93. The SMILES string of the molecule is CCN(C(=O)C1CCCCCC1N)c1ccccc1C. The first-order chi connectivity index (χ1) is 9.65. The molecule has 3 heteroatoms. The Balaban J connectivity index is 2.22. The van der Waals surface area contributed by atoms with Crippen LogP contribution in [0.3, 0.4) is 0 Å². The van der Waals surface area contributed by atoms with Crippen molar-refractivity contribution in [1.82, 2.24) is 0 Å². The van der Waals surface area contributed by atoms with Crippen molar-refractivity contribution in [2.24, 2.45) is 11.7 Å². The van der Waals surface area contributed by atoms with Crippen LogP contribution in [0.2, 0.25) is 0 Å². The van der Waals surface area contributed by atoms with Crippen molar-refractivity contribution in [2.75, 3.05) is 11.4 Å². The maximum atomic E-state index is 12.9. The molecule has 3 nitrogen and oxygen atoms in total. The van der Waals surface area contributed by atoms with Gasteiger partial charge >= 0.3 is 0 Å². The van der Waals surface area contributed by atoms with Crippen LogP contribution >= 0.6 is 0 Å². The Morgan fingerprint density at radius 3 is 2.65 bits per heavy atom. The Morgan fingerprint density at radius 2 is 1.95 bits per heavy atom. The summed E-state index contributed by atoms with van der Waals surface area (Å²) in [5.74, 6) is 0.188. The number of nitrogens with zero attached hydrogens (tertiary/aromatic N) is 1. The van der Waals surface area contributed by atoms with Crippen LogP contribution in [0, 0.1) is 12.8 Å². The van der Waals surface area contributed by atoms with Crippen LogP contribution in [0.25, 0.3) is 0 Å². The summed E-state index contributed by atoms with van der Waals surface area (Å²) in [6, 6.07) is 8.10. The van der Waals surface area contributed by atoms with E-state index in [0.29, 0.717) is 6.54 Å². The molecule has 110 valence electrons. The van der Waals surface area contributed by atoms with Crippen LogP contribution in [-0.4, -0.2) is 18.5 Å². The monoisotopic (exact) mass is 274 g/mol.